The minimum atomic E-state index is -0.946. The van der Waals surface area contributed by atoms with Crippen LogP contribution in [0.3, 0.4) is 0 Å². The molecule has 1 N–H and O–H groups in total. The molecule has 2 aromatic rings. The molecule has 2 fully saturated rings. The van der Waals surface area contributed by atoms with Crippen LogP contribution in [0.2, 0.25) is 5.02 Å². The van der Waals surface area contributed by atoms with Crippen molar-refractivity contribution < 1.29 is 9.90 Å². The van der Waals surface area contributed by atoms with Gasteiger partial charge in [0.25, 0.3) is 0 Å². The second-order valence-corrected chi connectivity index (χ2v) is 8.61. The highest BCUT2D eigenvalue weighted by Crippen LogP contribution is 2.45. The van der Waals surface area contributed by atoms with Crippen LogP contribution < -0.4 is 9.80 Å². The van der Waals surface area contributed by atoms with E-state index in [0.29, 0.717) is 10.4 Å². The highest BCUT2D eigenvalue weighted by atomic mass is 79.9. The van der Waals surface area contributed by atoms with Crippen molar-refractivity contribution in [2.45, 2.75) is 12.8 Å². The van der Waals surface area contributed by atoms with Gasteiger partial charge in [0.1, 0.15) is 0 Å². The van der Waals surface area contributed by atoms with Crippen LogP contribution in [0.1, 0.15) is 23.2 Å². The van der Waals surface area contributed by atoms with Crippen LogP contribution in [-0.2, 0) is 0 Å². The molecule has 26 heavy (non-hydrogen) atoms. The minimum absolute atomic E-state index is 0.233. The first-order valence-corrected chi connectivity index (χ1v) is 9.91. The quantitative estimate of drug-likeness (QED) is 0.744. The molecule has 2 aliphatic heterocycles. The van der Waals surface area contributed by atoms with Crippen molar-refractivity contribution >= 4 is 44.9 Å². The van der Waals surface area contributed by atoms with Gasteiger partial charge < -0.3 is 14.9 Å². The second kappa shape index (κ2) is 6.78. The Labute approximate surface area is 166 Å². The number of carboxylic acids is 1. The lowest BCUT2D eigenvalue weighted by atomic mass is 9.71. The van der Waals surface area contributed by atoms with Gasteiger partial charge in [0.2, 0.25) is 0 Å². The molecule has 4 nitrogen and oxygen atoms in total. The molecule has 0 saturated carbocycles. The number of nitrogens with zero attached hydrogens (tertiary/aromatic N) is 2. The molecule has 0 atom stereocenters. The van der Waals surface area contributed by atoms with Crippen LogP contribution in [0.5, 0.6) is 0 Å². The summed E-state index contributed by atoms with van der Waals surface area (Å²) in [6.45, 7) is 4.13. The molecular formula is C20H20BrClN2O2. The van der Waals surface area contributed by atoms with Gasteiger partial charge in [-0.15, -0.1) is 0 Å². The number of carboxylic acid groups (broad SMARTS) is 1. The molecule has 6 heteroatoms. The van der Waals surface area contributed by atoms with E-state index in [4.69, 9.17) is 16.7 Å². The lowest BCUT2D eigenvalue weighted by Crippen LogP contribution is -2.60. The van der Waals surface area contributed by atoms with E-state index >= 15 is 0 Å². The zero-order valence-corrected chi connectivity index (χ0v) is 16.6. The molecule has 136 valence electrons. The van der Waals surface area contributed by atoms with Crippen LogP contribution in [0.4, 0.5) is 11.4 Å². The standard InChI is InChI=1S/C20H20BrClN2O2/c21-15-2-4-16(5-3-15)23-9-7-20(8-10-23)12-24(13-20)18-6-1-14(19(25)26)11-17(18)22/h1-6,11H,7-10,12-13H2,(H,25,26). The van der Waals surface area contributed by atoms with Crippen LogP contribution in [-0.4, -0.2) is 37.3 Å². The van der Waals surface area contributed by atoms with E-state index < -0.39 is 5.97 Å². The molecule has 2 aliphatic rings. The molecule has 2 saturated heterocycles. The Bertz CT molecular complexity index is 824. The molecule has 0 aliphatic carbocycles. The summed E-state index contributed by atoms with van der Waals surface area (Å²) in [7, 11) is 0. The zero-order chi connectivity index (χ0) is 18.3. The van der Waals surface area contributed by atoms with Gasteiger partial charge in [0.15, 0.2) is 0 Å². The first-order chi connectivity index (χ1) is 12.5. The van der Waals surface area contributed by atoms with Crippen molar-refractivity contribution in [1.29, 1.82) is 0 Å². The summed E-state index contributed by atoms with van der Waals surface area (Å²) in [5.74, 6) is -0.946. The summed E-state index contributed by atoms with van der Waals surface area (Å²) in [6.07, 6.45) is 2.34. The number of benzene rings is 2. The third-order valence-electron chi connectivity index (χ3n) is 5.60. The van der Waals surface area contributed by atoms with Gasteiger partial charge in [-0.3, -0.25) is 0 Å². The third kappa shape index (κ3) is 3.30. The first-order valence-electron chi connectivity index (χ1n) is 8.74. The Morgan fingerprint density at radius 1 is 1.04 bits per heavy atom. The summed E-state index contributed by atoms with van der Waals surface area (Å²) in [5, 5.41) is 9.58. The van der Waals surface area contributed by atoms with E-state index in [1.807, 2.05) is 6.07 Å². The van der Waals surface area contributed by atoms with Crippen molar-refractivity contribution in [2.24, 2.45) is 5.41 Å². The number of rotatable bonds is 3. The summed E-state index contributed by atoms with van der Waals surface area (Å²) in [6, 6.07) is 13.5. The minimum Gasteiger partial charge on any atom is -0.478 e. The third-order valence-corrected chi connectivity index (χ3v) is 6.44. The van der Waals surface area contributed by atoms with Crippen molar-refractivity contribution in [3.8, 4) is 0 Å². The molecule has 0 bridgehead atoms. The molecule has 2 heterocycles. The van der Waals surface area contributed by atoms with Gasteiger partial charge in [0, 0.05) is 41.8 Å². The maximum Gasteiger partial charge on any atom is 0.335 e. The number of anilines is 2. The molecular weight excluding hydrogens is 416 g/mol. The highest BCUT2D eigenvalue weighted by Gasteiger charge is 2.45. The monoisotopic (exact) mass is 434 g/mol. The smallest absolute Gasteiger partial charge is 0.335 e. The fourth-order valence-corrected chi connectivity index (χ4v) is 4.60. The molecule has 0 aromatic heterocycles. The van der Waals surface area contributed by atoms with Gasteiger partial charge in [0.05, 0.1) is 16.3 Å². The molecule has 4 rings (SSSR count). The predicted molar refractivity (Wildman–Crippen MR) is 109 cm³/mol. The lowest BCUT2D eigenvalue weighted by Gasteiger charge is -2.55. The van der Waals surface area contributed by atoms with E-state index in [-0.39, 0.29) is 5.56 Å². The number of carbonyl (C=O) groups is 1. The van der Waals surface area contributed by atoms with Crippen LogP contribution in [0.25, 0.3) is 0 Å². The van der Waals surface area contributed by atoms with Gasteiger partial charge in [-0.05, 0) is 55.3 Å². The van der Waals surface area contributed by atoms with Crippen LogP contribution in [0.15, 0.2) is 46.9 Å². The Morgan fingerprint density at radius 3 is 2.27 bits per heavy atom. The summed E-state index contributed by atoms with van der Waals surface area (Å²) in [5.41, 5.74) is 2.82. The fourth-order valence-electron chi connectivity index (χ4n) is 4.04. The SMILES string of the molecule is O=C(O)c1ccc(N2CC3(CCN(c4ccc(Br)cc4)CC3)C2)c(Cl)c1. The Hall–Kier alpha value is -1.72. The maximum absolute atomic E-state index is 11.0. The average Bonchev–Trinajstić information content (AvgIpc) is 2.61. The summed E-state index contributed by atoms with van der Waals surface area (Å²) in [4.78, 5) is 15.8. The van der Waals surface area contributed by atoms with Crippen molar-refractivity contribution in [3.63, 3.8) is 0 Å². The fraction of sp³-hybridized carbons (Fsp3) is 0.350. The Balaban J connectivity index is 1.38. The lowest BCUT2D eigenvalue weighted by molar-refractivity contribution is 0.0697. The van der Waals surface area contributed by atoms with Crippen LogP contribution in [0, 0.1) is 5.41 Å². The molecule has 0 radical (unpaired) electrons. The summed E-state index contributed by atoms with van der Waals surface area (Å²) >= 11 is 9.79. The first kappa shape index (κ1) is 17.7. The normalized spacial score (nSPS) is 18.7. The van der Waals surface area contributed by atoms with E-state index in [0.717, 1.165) is 36.3 Å². The van der Waals surface area contributed by atoms with E-state index in [9.17, 15) is 4.79 Å². The number of aromatic carboxylic acids is 1. The largest absolute Gasteiger partial charge is 0.478 e. The van der Waals surface area contributed by atoms with Gasteiger partial charge >= 0.3 is 5.97 Å². The maximum atomic E-state index is 11.0. The number of piperidine rings is 1. The number of hydrogen-bond donors (Lipinski definition) is 1. The van der Waals surface area contributed by atoms with E-state index in [2.05, 4.69) is 50.0 Å². The highest BCUT2D eigenvalue weighted by molar-refractivity contribution is 9.10. The topological polar surface area (TPSA) is 43.8 Å². The molecule has 1 spiro atoms. The summed E-state index contributed by atoms with van der Waals surface area (Å²) < 4.78 is 1.11. The second-order valence-electron chi connectivity index (χ2n) is 7.29. The van der Waals surface area contributed by atoms with E-state index in [1.54, 1.807) is 12.1 Å². The van der Waals surface area contributed by atoms with Crippen molar-refractivity contribution in [3.05, 3.63) is 57.5 Å². The number of hydrogen-bond acceptors (Lipinski definition) is 3. The number of halogens is 2. The van der Waals surface area contributed by atoms with Gasteiger partial charge in [-0.2, -0.15) is 0 Å². The zero-order valence-electron chi connectivity index (χ0n) is 14.3. The molecule has 0 amide bonds. The van der Waals surface area contributed by atoms with Gasteiger partial charge in [-0.1, -0.05) is 27.5 Å². The molecule has 2 aromatic carbocycles. The van der Waals surface area contributed by atoms with Crippen molar-refractivity contribution in [2.75, 3.05) is 36.0 Å². The van der Waals surface area contributed by atoms with E-state index in [1.165, 1.54) is 18.5 Å². The van der Waals surface area contributed by atoms with Crippen molar-refractivity contribution in [1.82, 2.24) is 0 Å². The molecule has 0 unspecified atom stereocenters. The van der Waals surface area contributed by atoms with Crippen LogP contribution >= 0.6 is 27.5 Å². The Kier molecular flexibility index (Phi) is 4.61. The average molecular weight is 436 g/mol. The van der Waals surface area contributed by atoms with Gasteiger partial charge in [-0.25, -0.2) is 4.79 Å². The predicted octanol–water partition coefficient (Wildman–Crippen LogP) is 4.91. The Morgan fingerprint density at radius 2 is 1.69 bits per heavy atom.